The Morgan fingerprint density at radius 1 is 1.03 bits per heavy atom. The molecule has 2 aromatic carbocycles. The Morgan fingerprint density at radius 3 is 2.42 bits per heavy atom. The summed E-state index contributed by atoms with van der Waals surface area (Å²) in [5, 5.41) is 3.51. The lowest BCUT2D eigenvalue weighted by Gasteiger charge is -2.34. The largest absolute Gasteiger partial charge is 0.493 e. The first-order chi connectivity index (χ1) is 17.0. The van der Waals surface area contributed by atoms with Gasteiger partial charge in [0.1, 0.15) is 18.2 Å². The number of hydrogen-bond donors (Lipinski definition) is 2. The molecule has 3 aromatic rings. The van der Waals surface area contributed by atoms with Crippen molar-refractivity contribution in [2.75, 3.05) is 38.5 Å². The number of anilines is 2. The molecule has 0 bridgehead atoms. The predicted octanol–water partition coefficient (Wildman–Crippen LogP) is 5.39. The van der Waals surface area contributed by atoms with E-state index < -0.39 is 23.6 Å². The highest BCUT2D eigenvalue weighted by atomic mass is 19.4. The third kappa shape index (κ3) is 5.69. The second kappa shape index (κ2) is 9.92. The minimum absolute atomic E-state index is 0.0369. The van der Waals surface area contributed by atoms with Crippen molar-refractivity contribution >= 4 is 22.4 Å². The topological polar surface area (TPSA) is 91.5 Å². The quantitative estimate of drug-likeness (QED) is 0.226. The highest BCUT2D eigenvalue weighted by molar-refractivity contribution is 5.92. The van der Waals surface area contributed by atoms with E-state index in [-0.39, 0.29) is 48.9 Å². The highest BCUT2D eigenvalue weighted by Crippen LogP contribution is 2.48. The number of fused-ring (bicyclic) bond motifs is 1. The van der Waals surface area contributed by atoms with Gasteiger partial charge in [-0.05, 0) is 29.8 Å². The molecule has 1 aliphatic rings. The van der Waals surface area contributed by atoms with E-state index in [4.69, 9.17) is 19.9 Å². The minimum atomic E-state index is -4.56. The maximum atomic E-state index is 13.5. The molecule has 4 rings (SSSR count). The zero-order valence-corrected chi connectivity index (χ0v) is 19.6. The Bertz CT molecular complexity index is 1240. The van der Waals surface area contributed by atoms with Crippen molar-refractivity contribution in [2.24, 2.45) is 0 Å². The summed E-state index contributed by atoms with van der Waals surface area (Å²) >= 11 is 0. The van der Waals surface area contributed by atoms with Crippen molar-refractivity contribution in [3.8, 4) is 11.5 Å². The molecule has 0 spiro atoms. The van der Waals surface area contributed by atoms with Crippen LogP contribution in [0.3, 0.4) is 0 Å². The fourth-order valence-electron chi connectivity index (χ4n) is 3.99. The molecule has 0 amide bonds. The molecule has 1 saturated carbocycles. The lowest BCUT2D eigenvalue weighted by Crippen LogP contribution is -2.34. The number of nitrogens with zero attached hydrogens (tertiary/aromatic N) is 2. The van der Waals surface area contributed by atoms with E-state index in [1.54, 1.807) is 12.1 Å². The second-order valence-corrected chi connectivity index (χ2v) is 8.57. The number of nitrogens with two attached hydrogens (primary N) is 1. The molecule has 7 nitrogen and oxygen atoms in total. The fourth-order valence-corrected chi connectivity index (χ4v) is 3.99. The molecule has 0 radical (unpaired) electrons. The van der Waals surface area contributed by atoms with Crippen LogP contribution in [0.4, 0.5) is 33.5 Å². The SMILES string of the molecule is COCCOc1cc2c(NCc3cc(N)cc(C(F)(F)F)c3)nc(C3CC(F)(F)C3)nc2cc1OC. The molecule has 194 valence electrons. The highest BCUT2D eigenvalue weighted by Gasteiger charge is 2.47. The number of ether oxygens (including phenoxy) is 3. The maximum Gasteiger partial charge on any atom is 0.416 e. The molecular formula is C24H25F5N4O3. The third-order valence-corrected chi connectivity index (χ3v) is 5.80. The molecule has 36 heavy (non-hydrogen) atoms. The fraction of sp³-hybridized carbons (Fsp3) is 0.417. The van der Waals surface area contributed by atoms with Gasteiger partial charge in [0.2, 0.25) is 5.92 Å². The average Bonchev–Trinajstić information content (AvgIpc) is 2.79. The van der Waals surface area contributed by atoms with E-state index in [0.29, 0.717) is 29.0 Å². The first kappa shape index (κ1) is 25.7. The average molecular weight is 512 g/mol. The van der Waals surface area contributed by atoms with Gasteiger partial charge in [-0.25, -0.2) is 18.7 Å². The summed E-state index contributed by atoms with van der Waals surface area (Å²) in [6.45, 7) is 0.516. The maximum absolute atomic E-state index is 13.5. The van der Waals surface area contributed by atoms with Crippen LogP contribution in [0, 0.1) is 0 Å². The zero-order valence-electron chi connectivity index (χ0n) is 19.6. The van der Waals surface area contributed by atoms with E-state index >= 15 is 0 Å². The van der Waals surface area contributed by atoms with Crippen LogP contribution >= 0.6 is 0 Å². The molecule has 0 atom stereocenters. The van der Waals surface area contributed by atoms with Crippen LogP contribution in [-0.4, -0.2) is 43.3 Å². The summed E-state index contributed by atoms with van der Waals surface area (Å²) in [7, 11) is 2.99. The van der Waals surface area contributed by atoms with Crippen LogP contribution in [0.2, 0.25) is 0 Å². The molecule has 1 aliphatic carbocycles. The third-order valence-electron chi connectivity index (χ3n) is 5.80. The molecule has 0 saturated heterocycles. The summed E-state index contributed by atoms with van der Waals surface area (Å²) in [6.07, 6.45) is -5.31. The molecule has 1 aromatic heterocycles. The molecule has 1 fully saturated rings. The van der Waals surface area contributed by atoms with Gasteiger partial charge in [-0.3, -0.25) is 0 Å². The van der Waals surface area contributed by atoms with Crippen LogP contribution in [0.25, 0.3) is 10.9 Å². The summed E-state index contributed by atoms with van der Waals surface area (Å²) in [5.74, 6) is -2.09. The van der Waals surface area contributed by atoms with Gasteiger partial charge >= 0.3 is 6.18 Å². The summed E-state index contributed by atoms with van der Waals surface area (Å²) < 4.78 is 82.8. The molecule has 0 unspecified atom stereocenters. The Labute approximate surface area is 203 Å². The van der Waals surface area contributed by atoms with Gasteiger partial charge in [-0.15, -0.1) is 0 Å². The standard InChI is InChI=1S/C24H25F5N4O3/c1-34-3-4-36-20-8-17-18(9-19(20)35-2)32-21(14-10-23(25,26)11-14)33-22(17)31-12-13-5-15(24(27,28)29)7-16(30)6-13/h5-9,14H,3-4,10-12,30H2,1-2H3,(H,31,32,33). The number of nitrogens with one attached hydrogen (secondary N) is 1. The van der Waals surface area contributed by atoms with Gasteiger partial charge in [-0.2, -0.15) is 13.2 Å². The van der Waals surface area contributed by atoms with Crippen LogP contribution in [0.5, 0.6) is 11.5 Å². The number of hydrogen-bond acceptors (Lipinski definition) is 7. The van der Waals surface area contributed by atoms with Gasteiger partial charge in [0.05, 0.1) is 24.8 Å². The molecule has 0 aliphatic heterocycles. The van der Waals surface area contributed by atoms with E-state index in [1.165, 1.54) is 20.3 Å². The smallest absolute Gasteiger partial charge is 0.416 e. The van der Waals surface area contributed by atoms with Crippen molar-refractivity contribution in [1.29, 1.82) is 0 Å². The molecule has 1 heterocycles. The lowest BCUT2D eigenvalue weighted by molar-refractivity contribution is -0.137. The molecule has 12 heteroatoms. The normalized spacial score (nSPS) is 15.5. The summed E-state index contributed by atoms with van der Waals surface area (Å²) in [5.41, 5.74) is 5.45. The summed E-state index contributed by atoms with van der Waals surface area (Å²) in [4.78, 5) is 8.93. The van der Waals surface area contributed by atoms with Crippen molar-refractivity contribution < 1.29 is 36.2 Å². The number of alkyl halides is 5. The van der Waals surface area contributed by atoms with Gasteiger partial charge in [0.15, 0.2) is 11.5 Å². The van der Waals surface area contributed by atoms with Gasteiger partial charge in [0.25, 0.3) is 0 Å². The summed E-state index contributed by atoms with van der Waals surface area (Å²) in [6, 6.07) is 6.50. The van der Waals surface area contributed by atoms with Crippen LogP contribution < -0.4 is 20.5 Å². The van der Waals surface area contributed by atoms with E-state index in [1.807, 2.05) is 0 Å². The Morgan fingerprint density at radius 2 is 1.78 bits per heavy atom. The number of benzene rings is 2. The molecule has 3 N–H and O–H groups in total. The number of halogens is 5. The van der Waals surface area contributed by atoms with Crippen molar-refractivity contribution in [1.82, 2.24) is 9.97 Å². The monoisotopic (exact) mass is 512 g/mol. The number of rotatable bonds is 9. The second-order valence-electron chi connectivity index (χ2n) is 8.57. The van der Waals surface area contributed by atoms with Crippen molar-refractivity contribution in [2.45, 2.75) is 37.4 Å². The van der Waals surface area contributed by atoms with Crippen LogP contribution in [-0.2, 0) is 17.5 Å². The van der Waals surface area contributed by atoms with E-state index in [2.05, 4.69) is 15.3 Å². The predicted molar refractivity (Wildman–Crippen MR) is 124 cm³/mol. The number of nitrogen functional groups attached to an aromatic ring is 1. The first-order valence-corrected chi connectivity index (χ1v) is 11.1. The molecular weight excluding hydrogens is 487 g/mol. The first-order valence-electron chi connectivity index (χ1n) is 11.1. The zero-order chi connectivity index (χ0) is 26.1. The minimum Gasteiger partial charge on any atom is -0.493 e. The van der Waals surface area contributed by atoms with Crippen molar-refractivity contribution in [3.05, 3.63) is 47.3 Å². The van der Waals surface area contributed by atoms with Gasteiger partial charge in [-0.1, -0.05) is 0 Å². The Balaban J connectivity index is 1.72. The van der Waals surface area contributed by atoms with Crippen LogP contribution in [0.15, 0.2) is 30.3 Å². The Kier molecular flexibility index (Phi) is 7.07. The van der Waals surface area contributed by atoms with Crippen LogP contribution in [0.1, 0.15) is 35.7 Å². The Hall–Kier alpha value is -3.41. The van der Waals surface area contributed by atoms with Gasteiger partial charge in [0, 0.05) is 49.6 Å². The van der Waals surface area contributed by atoms with Crippen molar-refractivity contribution in [3.63, 3.8) is 0 Å². The van der Waals surface area contributed by atoms with Gasteiger partial charge < -0.3 is 25.3 Å². The number of methoxy groups -OCH3 is 2. The van der Waals surface area contributed by atoms with E-state index in [9.17, 15) is 22.0 Å². The van der Waals surface area contributed by atoms with E-state index in [0.717, 1.165) is 12.1 Å². The lowest BCUT2D eigenvalue weighted by atomic mass is 9.80. The number of aromatic nitrogens is 2.